The van der Waals surface area contributed by atoms with Crippen molar-refractivity contribution in [2.24, 2.45) is 23.2 Å². The first-order valence-corrected chi connectivity index (χ1v) is 12.6. The van der Waals surface area contributed by atoms with Gasteiger partial charge in [-0.2, -0.15) is 0 Å². The smallest absolute Gasteiger partial charge is 0.342 e. The first-order valence-electron chi connectivity index (χ1n) is 11.8. The number of carbonyl (C=O) groups is 2. The number of esters is 1. The number of fused-ring (bicyclic) bond motifs is 1. The fourth-order valence-corrected chi connectivity index (χ4v) is 8.20. The van der Waals surface area contributed by atoms with E-state index in [1.165, 1.54) is 57.0 Å². The summed E-state index contributed by atoms with van der Waals surface area (Å²) in [6, 6.07) is 7.82. The molecule has 2 heterocycles. The Kier molecular flexibility index (Phi) is 4.87. The summed E-state index contributed by atoms with van der Waals surface area (Å²) in [6.45, 7) is 1.72. The number of nitrogens with zero attached hydrogens (tertiary/aromatic N) is 1. The standard InChI is InChI=1S/C26H28N2O4S/c1-14-21(25(30)31-2)22(24-27-18-5-3-4-6-19(18)33-24)23(32-14)28-20(29)13-26-10-15-7-16(11-26)9-17(8-15)12-26/h3-6,15-17H,7-13H2,1-2H3,(H,28,29). The number of thiazole rings is 1. The summed E-state index contributed by atoms with van der Waals surface area (Å²) in [7, 11) is 1.35. The highest BCUT2D eigenvalue weighted by atomic mass is 32.1. The third-order valence-corrected chi connectivity index (χ3v) is 8.99. The molecule has 6 nitrogen and oxygen atoms in total. The molecule has 1 N–H and O–H groups in total. The molecule has 172 valence electrons. The molecule has 1 amide bonds. The van der Waals surface area contributed by atoms with Crippen LogP contribution in [0, 0.1) is 30.1 Å². The quantitative estimate of drug-likeness (QED) is 0.455. The molecule has 4 saturated carbocycles. The van der Waals surface area contributed by atoms with Gasteiger partial charge in [0.15, 0.2) is 0 Å². The minimum absolute atomic E-state index is 0.0375. The number of benzene rings is 1. The Morgan fingerprint density at radius 3 is 2.45 bits per heavy atom. The summed E-state index contributed by atoms with van der Waals surface area (Å²) in [5.41, 5.74) is 1.81. The number of rotatable bonds is 5. The normalized spacial score (nSPS) is 27.8. The number of anilines is 1. The Hall–Kier alpha value is -2.67. The van der Waals surface area contributed by atoms with Gasteiger partial charge in [0.1, 0.15) is 16.3 Å². The molecule has 7 heteroatoms. The average Bonchev–Trinajstić information content (AvgIpc) is 3.31. The van der Waals surface area contributed by atoms with E-state index < -0.39 is 5.97 Å². The molecule has 1 aromatic carbocycles. The maximum atomic E-state index is 13.3. The molecule has 0 saturated heterocycles. The van der Waals surface area contributed by atoms with E-state index in [2.05, 4.69) is 5.32 Å². The van der Waals surface area contributed by atoms with Crippen LogP contribution in [0.5, 0.6) is 0 Å². The third kappa shape index (κ3) is 3.57. The van der Waals surface area contributed by atoms with E-state index in [4.69, 9.17) is 14.1 Å². The summed E-state index contributed by atoms with van der Waals surface area (Å²) < 4.78 is 12.0. The van der Waals surface area contributed by atoms with Crippen LogP contribution in [0.3, 0.4) is 0 Å². The first kappa shape index (κ1) is 20.9. The summed E-state index contributed by atoms with van der Waals surface area (Å²) in [5, 5.41) is 3.66. The molecule has 3 aromatic rings. The summed E-state index contributed by atoms with van der Waals surface area (Å²) >= 11 is 1.47. The largest absolute Gasteiger partial charge is 0.465 e. The molecule has 2 aromatic heterocycles. The average molecular weight is 465 g/mol. The van der Waals surface area contributed by atoms with Gasteiger partial charge < -0.3 is 9.15 Å². The fourth-order valence-electron chi connectivity index (χ4n) is 7.18. The highest BCUT2D eigenvalue weighted by Crippen LogP contribution is 2.61. The van der Waals surface area contributed by atoms with E-state index in [1.807, 2.05) is 24.3 Å². The van der Waals surface area contributed by atoms with Crippen LogP contribution in [0.15, 0.2) is 28.7 Å². The van der Waals surface area contributed by atoms with Crippen LogP contribution >= 0.6 is 11.3 Å². The van der Waals surface area contributed by atoms with Crippen molar-refractivity contribution in [2.45, 2.75) is 51.9 Å². The Bertz CT molecular complexity index is 1190. The van der Waals surface area contributed by atoms with E-state index in [0.717, 1.165) is 28.0 Å². The minimum atomic E-state index is -0.493. The second kappa shape index (κ2) is 7.69. The minimum Gasteiger partial charge on any atom is -0.465 e. The number of nitrogens with one attached hydrogen (secondary N) is 1. The molecule has 0 radical (unpaired) electrons. The van der Waals surface area contributed by atoms with Crippen LogP contribution < -0.4 is 5.32 Å². The first-order chi connectivity index (χ1) is 15.9. The van der Waals surface area contributed by atoms with Crippen molar-refractivity contribution in [3.8, 4) is 10.6 Å². The number of aryl methyl sites for hydroxylation is 1. The Balaban J connectivity index is 1.33. The van der Waals surface area contributed by atoms with Gasteiger partial charge in [0, 0.05) is 6.42 Å². The van der Waals surface area contributed by atoms with Gasteiger partial charge in [-0.3, -0.25) is 10.1 Å². The monoisotopic (exact) mass is 464 g/mol. The van der Waals surface area contributed by atoms with Crippen LogP contribution in [-0.4, -0.2) is 24.0 Å². The van der Waals surface area contributed by atoms with Crippen molar-refractivity contribution < 1.29 is 18.7 Å². The van der Waals surface area contributed by atoms with Crippen LogP contribution in [-0.2, 0) is 9.53 Å². The van der Waals surface area contributed by atoms with Crippen molar-refractivity contribution in [3.63, 3.8) is 0 Å². The van der Waals surface area contributed by atoms with Gasteiger partial charge in [0.25, 0.3) is 0 Å². The fraction of sp³-hybridized carbons (Fsp3) is 0.500. The van der Waals surface area contributed by atoms with E-state index >= 15 is 0 Å². The van der Waals surface area contributed by atoms with Crippen LogP contribution in [0.4, 0.5) is 5.88 Å². The SMILES string of the molecule is COC(=O)c1c(C)oc(NC(=O)CC23CC4CC(CC(C4)C2)C3)c1-c1nc2ccccc2s1. The Labute approximate surface area is 196 Å². The van der Waals surface area contributed by atoms with E-state index in [0.29, 0.717) is 34.2 Å². The van der Waals surface area contributed by atoms with E-state index in [-0.39, 0.29) is 11.3 Å². The zero-order valence-electron chi connectivity index (χ0n) is 19.0. The highest BCUT2D eigenvalue weighted by Gasteiger charge is 2.51. The van der Waals surface area contributed by atoms with E-state index in [9.17, 15) is 9.59 Å². The second-order valence-corrected chi connectivity index (χ2v) is 11.4. The van der Waals surface area contributed by atoms with E-state index in [1.54, 1.807) is 6.92 Å². The maximum absolute atomic E-state index is 13.3. The lowest BCUT2D eigenvalue weighted by molar-refractivity contribution is -0.124. The number of aromatic nitrogens is 1. The molecule has 4 aliphatic carbocycles. The number of methoxy groups -OCH3 is 1. The molecule has 0 aliphatic heterocycles. The lowest BCUT2D eigenvalue weighted by Crippen LogP contribution is -2.47. The van der Waals surface area contributed by atoms with Gasteiger partial charge >= 0.3 is 5.97 Å². The molecule has 4 bridgehead atoms. The predicted molar refractivity (Wildman–Crippen MR) is 127 cm³/mol. The number of hydrogen-bond acceptors (Lipinski definition) is 6. The Morgan fingerprint density at radius 1 is 1.15 bits per heavy atom. The predicted octanol–water partition coefficient (Wildman–Crippen LogP) is 6.20. The van der Waals surface area contributed by atoms with Crippen LogP contribution in [0.2, 0.25) is 0 Å². The third-order valence-electron chi connectivity index (χ3n) is 7.94. The van der Waals surface area contributed by atoms with Gasteiger partial charge in [-0.05, 0) is 80.8 Å². The van der Waals surface area contributed by atoms with Gasteiger partial charge in [0.2, 0.25) is 11.8 Å². The van der Waals surface area contributed by atoms with Gasteiger partial charge in [-0.1, -0.05) is 12.1 Å². The van der Waals surface area contributed by atoms with Crippen molar-refractivity contribution >= 4 is 39.3 Å². The highest BCUT2D eigenvalue weighted by molar-refractivity contribution is 7.21. The zero-order chi connectivity index (χ0) is 22.7. The molecule has 4 fully saturated rings. The lowest BCUT2D eigenvalue weighted by Gasteiger charge is -2.56. The molecule has 0 spiro atoms. The maximum Gasteiger partial charge on any atom is 0.342 e. The van der Waals surface area contributed by atoms with Crippen molar-refractivity contribution in [1.29, 1.82) is 0 Å². The molecule has 0 atom stereocenters. The van der Waals surface area contributed by atoms with Gasteiger partial charge in [-0.25, -0.2) is 9.78 Å². The molecular weight excluding hydrogens is 436 g/mol. The number of para-hydroxylation sites is 1. The van der Waals surface area contributed by atoms with Crippen LogP contribution in [0.25, 0.3) is 20.8 Å². The van der Waals surface area contributed by atoms with Gasteiger partial charge in [-0.15, -0.1) is 11.3 Å². The molecule has 7 rings (SSSR count). The molecule has 33 heavy (non-hydrogen) atoms. The summed E-state index contributed by atoms with van der Waals surface area (Å²) in [6.07, 6.45) is 8.07. The molecule has 0 unspecified atom stereocenters. The topological polar surface area (TPSA) is 81.4 Å². The van der Waals surface area contributed by atoms with Crippen LogP contribution in [0.1, 0.15) is 61.1 Å². The Morgan fingerprint density at radius 2 is 1.82 bits per heavy atom. The van der Waals surface area contributed by atoms with Crippen molar-refractivity contribution in [3.05, 3.63) is 35.6 Å². The molecule has 4 aliphatic rings. The number of amides is 1. The van der Waals surface area contributed by atoms with Crippen molar-refractivity contribution in [2.75, 3.05) is 12.4 Å². The summed E-state index contributed by atoms with van der Waals surface area (Å²) in [5.74, 6) is 2.55. The van der Waals surface area contributed by atoms with Gasteiger partial charge in [0.05, 0.1) is 22.9 Å². The second-order valence-electron chi connectivity index (χ2n) is 10.4. The summed E-state index contributed by atoms with van der Waals surface area (Å²) in [4.78, 5) is 30.7. The van der Waals surface area contributed by atoms with Crippen molar-refractivity contribution in [1.82, 2.24) is 4.98 Å². The number of ether oxygens (including phenoxy) is 1. The lowest BCUT2D eigenvalue weighted by atomic mass is 9.49. The number of carbonyl (C=O) groups excluding carboxylic acids is 2. The number of hydrogen-bond donors (Lipinski definition) is 1. The molecular formula is C26H28N2O4S. The zero-order valence-corrected chi connectivity index (χ0v) is 19.8. The number of furan rings is 1.